The van der Waals surface area contributed by atoms with Gasteiger partial charge in [0, 0.05) is 23.4 Å². The predicted octanol–water partition coefficient (Wildman–Crippen LogP) is 3.21. The minimum absolute atomic E-state index is 0.164. The SMILES string of the molecule is CCCc1cc(C(=O)NCc2ccoc2)cc(Cl)n1. The average molecular weight is 279 g/mol. The van der Waals surface area contributed by atoms with E-state index < -0.39 is 0 Å². The van der Waals surface area contributed by atoms with E-state index in [1.54, 1.807) is 24.7 Å². The molecule has 0 spiro atoms. The van der Waals surface area contributed by atoms with Gasteiger partial charge in [0.2, 0.25) is 0 Å². The van der Waals surface area contributed by atoms with Crippen molar-refractivity contribution < 1.29 is 9.21 Å². The van der Waals surface area contributed by atoms with Crippen molar-refractivity contribution in [3.8, 4) is 0 Å². The van der Waals surface area contributed by atoms with E-state index in [4.69, 9.17) is 16.0 Å². The topological polar surface area (TPSA) is 55.1 Å². The Morgan fingerprint density at radius 1 is 1.47 bits per heavy atom. The summed E-state index contributed by atoms with van der Waals surface area (Å²) in [5, 5.41) is 3.16. The number of pyridine rings is 1. The van der Waals surface area contributed by atoms with Crippen molar-refractivity contribution in [1.82, 2.24) is 10.3 Å². The minimum Gasteiger partial charge on any atom is -0.472 e. The standard InChI is InChI=1S/C14H15ClN2O2/c1-2-3-12-6-11(7-13(15)17-12)14(18)16-8-10-4-5-19-9-10/h4-7,9H,2-3,8H2,1H3,(H,16,18). The van der Waals surface area contributed by atoms with Crippen LogP contribution < -0.4 is 5.32 Å². The van der Waals surface area contributed by atoms with Gasteiger partial charge in [-0.25, -0.2) is 4.98 Å². The molecule has 2 aromatic rings. The Hall–Kier alpha value is -1.81. The first-order valence-electron chi connectivity index (χ1n) is 6.14. The highest BCUT2D eigenvalue weighted by Crippen LogP contribution is 2.12. The first-order valence-corrected chi connectivity index (χ1v) is 6.52. The van der Waals surface area contributed by atoms with E-state index in [1.807, 2.05) is 6.07 Å². The first-order chi connectivity index (χ1) is 9.19. The van der Waals surface area contributed by atoms with E-state index in [1.165, 1.54) is 0 Å². The van der Waals surface area contributed by atoms with Gasteiger partial charge in [0.25, 0.3) is 5.91 Å². The number of hydrogen-bond acceptors (Lipinski definition) is 3. The monoisotopic (exact) mass is 278 g/mol. The molecule has 0 aliphatic heterocycles. The number of halogens is 1. The van der Waals surface area contributed by atoms with Crippen molar-refractivity contribution in [3.05, 3.63) is 52.7 Å². The zero-order valence-electron chi connectivity index (χ0n) is 10.6. The number of amides is 1. The van der Waals surface area contributed by atoms with Crippen LogP contribution in [0.5, 0.6) is 0 Å². The maximum Gasteiger partial charge on any atom is 0.251 e. The Bertz CT molecular complexity index is 553. The molecule has 4 nitrogen and oxygen atoms in total. The Morgan fingerprint density at radius 2 is 2.32 bits per heavy atom. The van der Waals surface area contributed by atoms with Crippen LogP contribution in [0, 0.1) is 0 Å². The molecule has 0 fully saturated rings. The third-order valence-corrected chi connectivity index (χ3v) is 2.84. The van der Waals surface area contributed by atoms with Gasteiger partial charge in [-0.2, -0.15) is 0 Å². The van der Waals surface area contributed by atoms with Crippen molar-refractivity contribution in [2.75, 3.05) is 0 Å². The van der Waals surface area contributed by atoms with Crippen molar-refractivity contribution in [1.29, 1.82) is 0 Å². The molecule has 0 aliphatic carbocycles. The lowest BCUT2D eigenvalue weighted by Gasteiger charge is -2.06. The van der Waals surface area contributed by atoms with E-state index in [-0.39, 0.29) is 5.91 Å². The summed E-state index contributed by atoms with van der Waals surface area (Å²) in [6.45, 7) is 2.49. The zero-order valence-corrected chi connectivity index (χ0v) is 11.4. The van der Waals surface area contributed by atoms with Crippen LogP contribution in [0.3, 0.4) is 0 Å². The first kappa shape index (κ1) is 13.6. The largest absolute Gasteiger partial charge is 0.472 e. The molecule has 2 aromatic heterocycles. The van der Waals surface area contributed by atoms with Crippen LogP contribution in [0.2, 0.25) is 5.15 Å². The van der Waals surface area contributed by atoms with Crippen LogP contribution in [0.4, 0.5) is 0 Å². The maximum absolute atomic E-state index is 12.0. The van der Waals surface area contributed by atoms with E-state index in [0.717, 1.165) is 24.1 Å². The molecule has 0 bridgehead atoms. The number of nitrogens with zero attached hydrogens (tertiary/aromatic N) is 1. The molecule has 1 amide bonds. The second kappa shape index (κ2) is 6.38. The lowest BCUT2D eigenvalue weighted by Crippen LogP contribution is -2.22. The third-order valence-electron chi connectivity index (χ3n) is 2.65. The lowest BCUT2D eigenvalue weighted by atomic mass is 10.1. The number of aryl methyl sites for hydroxylation is 1. The highest BCUT2D eigenvalue weighted by molar-refractivity contribution is 6.29. The van der Waals surface area contributed by atoms with Gasteiger partial charge < -0.3 is 9.73 Å². The summed E-state index contributed by atoms with van der Waals surface area (Å²) in [5.41, 5.74) is 2.29. The van der Waals surface area contributed by atoms with Gasteiger partial charge in [0.05, 0.1) is 12.5 Å². The third kappa shape index (κ3) is 3.83. The number of furan rings is 1. The van der Waals surface area contributed by atoms with Gasteiger partial charge >= 0.3 is 0 Å². The molecular weight excluding hydrogens is 264 g/mol. The summed E-state index contributed by atoms with van der Waals surface area (Å²) in [7, 11) is 0. The normalized spacial score (nSPS) is 10.4. The van der Waals surface area contributed by atoms with E-state index >= 15 is 0 Å². The molecule has 0 aliphatic rings. The van der Waals surface area contributed by atoms with Crippen molar-refractivity contribution in [2.45, 2.75) is 26.3 Å². The number of rotatable bonds is 5. The van der Waals surface area contributed by atoms with Crippen LogP contribution in [-0.4, -0.2) is 10.9 Å². The van der Waals surface area contributed by atoms with Gasteiger partial charge in [-0.05, 0) is 24.6 Å². The quantitative estimate of drug-likeness (QED) is 0.855. The van der Waals surface area contributed by atoms with Crippen LogP contribution >= 0.6 is 11.6 Å². The smallest absolute Gasteiger partial charge is 0.251 e. The van der Waals surface area contributed by atoms with E-state index in [2.05, 4.69) is 17.2 Å². The van der Waals surface area contributed by atoms with Crippen LogP contribution in [0.15, 0.2) is 35.1 Å². The van der Waals surface area contributed by atoms with Crippen LogP contribution in [-0.2, 0) is 13.0 Å². The van der Waals surface area contributed by atoms with E-state index in [9.17, 15) is 4.79 Å². The summed E-state index contributed by atoms with van der Waals surface area (Å²) in [4.78, 5) is 16.2. The number of carbonyl (C=O) groups is 1. The molecule has 0 saturated carbocycles. The molecule has 0 aromatic carbocycles. The fourth-order valence-corrected chi connectivity index (χ4v) is 1.97. The zero-order chi connectivity index (χ0) is 13.7. The predicted molar refractivity (Wildman–Crippen MR) is 73.1 cm³/mol. The molecule has 0 radical (unpaired) electrons. The second-order valence-corrected chi connectivity index (χ2v) is 4.62. The fraction of sp³-hybridized carbons (Fsp3) is 0.286. The maximum atomic E-state index is 12.0. The number of hydrogen-bond donors (Lipinski definition) is 1. The van der Waals surface area contributed by atoms with Crippen LogP contribution in [0.1, 0.15) is 35.0 Å². The lowest BCUT2D eigenvalue weighted by molar-refractivity contribution is 0.0950. The molecule has 0 atom stereocenters. The Labute approximate surface area is 116 Å². The fourth-order valence-electron chi connectivity index (χ4n) is 1.74. The number of nitrogens with one attached hydrogen (secondary N) is 1. The summed E-state index contributed by atoms with van der Waals surface area (Å²) in [6.07, 6.45) is 4.94. The molecule has 2 rings (SSSR count). The highest BCUT2D eigenvalue weighted by atomic mass is 35.5. The second-order valence-electron chi connectivity index (χ2n) is 4.23. The molecule has 0 saturated heterocycles. The summed E-state index contributed by atoms with van der Waals surface area (Å²) in [6, 6.07) is 5.16. The van der Waals surface area contributed by atoms with Crippen molar-refractivity contribution in [2.24, 2.45) is 0 Å². The van der Waals surface area contributed by atoms with Gasteiger partial charge in [0.1, 0.15) is 5.15 Å². The highest BCUT2D eigenvalue weighted by Gasteiger charge is 2.09. The number of aromatic nitrogens is 1. The Balaban J connectivity index is 2.05. The molecule has 5 heteroatoms. The molecule has 2 heterocycles. The number of carbonyl (C=O) groups excluding carboxylic acids is 1. The van der Waals surface area contributed by atoms with Gasteiger partial charge in [-0.3, -0.25) is 4.79 Å². The Kier molecular flexibility index (Phi) is 4.58. The molecule has 100 valence electrons. The van der Waals surface area contributed by atoms with Gasteiger partial charge in [-0.1, -0.05) is 24.9 Å². The average Bonchev–Trinajstić information content (AvgIpc) is 2.88. The molecule has 0 unspecified atom stereocenters. The van der Waals surface area contributed by atoms with Crippen molar-refractivity contribution in [3.63, 3.8) is 0 Å². The summed E-state index contributed by atoms with van der Waals surface area (Å²) in [5.74, 6) is -0.164. The van der Waals surface area contributed by atoms with Crippen LogP contribution in [0.25, 0.3) is 0 Å². The minimum atomic E-state index is -0.164. The van der Waals surface area contributed by atoms with Gasteiger partial charge in [0.15, 0.2) is 0 Å². The molecule has 1 N–H and O–H groups in total. The van der Waals surface area contributed by atoms with E-state index in [0.29, 0.717) is 17.3 Å². The molecule has 19 heavy (non-hydrogen) atoms. The Morgan fingerprint density at radius 3 is 3.00 bits per heavy atom. The van der Waals surface area contributed by atoms with Gasteiger partial charge in [-0.15, -0.1) is 0 Å². The summed E-state index contributed by atoms with van der Waals surface area (Å²) < 4.78 is 4.94. The molecular formula is C14H15ClN2O2. The summed E-state index contributed by atoms with van der Waals surface area (Å²) >= 11 is 5.92. The van der Waals surface area contributed by atoms with Crippen molar-refractivity contribution >= 4 is 17.5 Å².